The van der Waals surface area contributed by atoms with Gasteiger partial charge in [0.25, 0.3) is 0 Å². The van der Waals surface area contributed by atoms with Crippen LogP contribution in [0.3, 0.4) is 0 Å². The zero-order valence-electron chi connectivity index (χ0n) is 17.2. The van der Waals surface area contributed by atoms with Crippen molar-refractivity contribution in [2.45, 2.75) is 64.8 Å². The normalized spacial score (nSPS) is 31.4. The van der Waals surface area contributed by atoms with Crippen LogP contribution >= 0.6 is 0 Å². The maximum absolute atomic E-state index is 14.0. The van der Waals surface area contributed by atoms with Crippen molar-refractivity contribution in [3.63, 3.8) is 0 Å². The second kappa shape index (κ2) is 7.88. The second-order valence-corrected chi connectivity index (χ2v) is 9.34. The van der Waals surface area contributed by atoms with Crippen molar-refractivity contribution >= 4 is 11.9 Å². The molecule has 5 rings (SSSR count). The predicted molar refractivity (Wildman–Crippen MR) is 108 cm³/mol. The van der Waals surface area contributed by atoms with Gasteiger partial charge in [-0.15, -0.1) is 0 Å². The Morgan fingerprint density at radius 3 is 2.18 bits per heavy atom. The number of esters is 1. The number of ether oxygens (including phenoxy) is 1. The van der Waals surface area contributed by atoms with E-state index in [2.05, 4.69) is 19.1 Å². The van der Waals surface area contributed by atoms with Crippen molar-refractivity contribution in [3.05, 3.63) is 35.9 Å². The fourth-order valence-electron chi connectivity index (χ4n) is 6.50. The van der Waals surface area contributed by atoms with Gasteiger partial charge in [-0.05, 0) is 75.7 Å². The fraction of sp³-hybridized carbons (Fsp3) is 0.667. The van der Waals surface area contributed by atoms with E-state index in [1.807, 2.05) is 30.0 Å². The molecule has 0 aromatic heterocycles. The molecule has 1 aromatic carbocycles. The number of rotatable bonds is 7. The first-order valence-corrected chi connectivity index (χ1v) is 11.0. The van der Waals surface area contributed by atoms with Gasteiger partial charge in [0.1, 0.15) is 0 Å². The molecule has 152 valence electrons. The van der Waals surface area contributed by atoms with Crippen LogP contribution in [0.4, 0.5) is 0 Å². The molecule has 28 heavy (non-hydrogen) atoms. The Balaban J connectivity index is 1.57. The average molecular weight is 384 g/mol. The molecule has 0 N–H and O–H groups in total. The number of amides is 1. The number of benzene rings is 1. The quantitative estimate of drug-likeness (QED) is 0.639. The molecule has 4 fully saturated rings. The van der Waals surface area contributed by atoms with Crippen LogP contribution in [0.15, 0.2) is 30.3 Å². The Labute approximate surface area is 168 Å². The summed E-state index contributed by atoms with van der Waals surface area (Å²) in [7, 11) is 0. The maximum atomic E-state index is 14.0. The largest absolute Gasteiger partial charge is 0.466 e. The molecule has 0 saturated heterocycles. The lowest BCUT2D eigenvalue weighted by Crippen LogP contribution is -2.55. The summed E-state index contributed by atoms with van der Waals surface area (Å²) in [6.45, 7) is 4.74. The first-order valence-electron chi connectivity index (χ1n) is 11.0. The lowest BCUT2D eigenvalue weighted by atomic mass is 9.49. The minimum atomic E-state index is -0.217. The molecule has 4 heteroatoms. The standard InChI is InChI=1S/C24H33NO3/c1-3-28-22(26)9-10-25(17(2)21-7-5-4-6-8-21)23(27)24-14-18-11-19(15-24)13-20(12-18)16-24/h4-8,17-20H,3,9-16H2,1-2H3. The second-order valence-electron chi connectivity index (χ2n) is 9.34. The molecule has 0 spiro atoms. The third-order valence-electron chi connectivity index (χ3n) is 7.36. The van der Waals surface area contributed by atoms with Gasteiger partial charge >= 0.3 is 5.97 Å². The lowest BCUT2D eigenvalue weighted by Gasteiger charge is -2.57. The summed E-state index contributed by atoms with van der Waals surface area (Å²) in [6, 6.07) is 10.2. The van der Waals surface area contributed by atoms with E-state index in [9.17, 15) is 9.59 Å². The van der Waals surface area contributed by atoms with Gasteiger partial charge in [0.05, 0.1) is 24.5 Å². The molecule has 0 heterocycles. The van der Waals surface area contributed by atoms with Crippen LogP contribution < -0.4 is 0 Å². The summed E-state index contributed by atoms with van der Waals surface area (Å²) >= 11 is 0. The Kier molecular flexibility index (Phi) is 5.48. The monoisotopic (exact) mass is 383 g/mol. The molecule has 0 radical (unpaired) electrons. The maximum Gasteiger partial charge on any atom is 0.307 e. The van der Waals surface area contributed by atoms with Crippen LogP contribution in [-0.4, -0.2) is 29.9 Å². The van der Waals surface area contributed by atoms with Crippen LogP contribution in [0, 0.1) is 23.2 Å². The third kappa shape index (κ3) is 3.70. The van der Waals surface area contributed by atoms with E-state index in [0.29, 0.717) is 13.2 Å². The Morgan fingerprint density at radius 1 is 1.07 bits per heavy atom. The zero-order valence-corrected chi connectivity index (χ0v) is 17.2. The molecular weight excluding hydrogens is 350 g/mol. The van der Waals surface area contributed by atoms with Crippen LogP contribution in [0.1, 0.15) is 70.4 Å². The summed E-state index contributed by atoms with van der Waals surface area (Å²) < 4.78 is 5.13. The summed E-state index contributed by atoms with van der Waals surface area (Å²) in [5.74, 6) is 2.26. The SMILES string of the molecule is CCOC(=O)CCN(C(=O)C12CC3CC(CC(C3)C1)C2)C(C)c1ccccc1. The fourth-order valence-corrected chi connectivity index (χ4v) is 6.50. The van der Waals surface area contributed by atoms with Gasteiger partial charge in [-0.25, -0.2) is 0 Å². The van der Waals surface area contributed by atoms with Crippen LogP contribution in [-0.2, 0) is 14.3 Å². The van der Waals surface area contributed by atoms with Crippen LogP contribution in [0.2, 0.25) is 0 Å². The molecule has 1 amide bonds. The summed E-state index contributed by atoms with van der Waals surface area (Å²) in [4.78, 5) is 28.0. The summed E-state index contributed by atoms with van der Waals surface area (Å²) in [5.41, 5.74) is 0.941. The third-order valence-corrected chi connectivity index (χ3v) is 7.36. The molecule has 4 nitrogen and oxygen atoms in total. The molecule has 4 bridgehead atoms. The number of nitrogens with zero attached hydrogens (tertiary/aromatic N) is 1. The summed E-state index contributed by atoms with van der Waals surface area (Å²) in [6.07, 6.45) is 7.39. The molecule has 4 aliphatic rings. The van der Waals surface area contributed by atoms with E-state index < -0.39 is 0 Å². The highest BCUT2D eigenvalue weighted by molar-refractivity contribution is 5.84. The van der Waals surface area contributed by atoms with Gasteiger partial charge in [-0.1, -0.05) is 30.3 Å². The van der Waals surface area contributed by atoms with E-state index in [1.165, 1.54) is 19.3 Å². The highest BCUT2D eigenvalue weighted by Gasteiger charge is 2.55. The molecule has 1 unspecified atom stereocenters. The highest BCUT2D eigenvalue weighted by atomic mass is 16.5. The molecule has 0 aliphatic heterocycles. The van der Waals surface area contributed by atoms with Gasteiger partial charge in [-0.2, -0.15) is 0 Å². The minimum absolute atomic E-state index is 0.0314. The summed E-state index contributed by atoms with van der Waals surface area (Å²) in [5, 5.41) is 0. The average Bonchev–Trinajstić information content (AvgIpc) is 2.67. The van der Waals surface area contributed by atoms with Gasteiger partial charge in [0.15, 0.2) is 0 Å². The van der Waals surface area contributed by atoms with E-state index in [0.717, 1.165) is 42.6 Å². The Morgan fingerprint density at radius 2 is 1.64 bits per heavy atom. The van der Waals surface area contributed by atoms with E-state index in [4.69, 9.17) is 4.74 Å². The van der Waals surface area contributed by atoms with E-state index >= 15 is 0 Å². The van der Waals surface area contributed by atoms with Crippen molar-refractivity contribution in [2.24, 2.45) is 23.2 Å². The molecular formula is C24H33NO3. The highest BCUT2D eigenvalue weighted by Crippen LogP contribution is 2.60. The van der Waals surface area contributed by atoms with Gasteiger partial charge in [0, 0.05) is 6.54 Å². The van der Waals surface area contributed by atoms with Gasteiger partial charge in [-0.3, -0.25) is 9.59 Å². The van der Waals surface area contributed by atoms with Gasteiger partial charge < -0.3 is 9.64 Å². The number of carbonyl (C=O) groups excluding carboxylic acids is 2. The van der Waals surface area contributed by atoms with Crippen molar-refractivity contribution in [3.8, 4) is 0 Å². The minimum Gasteiger partial charge on any atom is -0.466 e. The lowest BCUT2D eigenvalue weighted by molar-refractivity contribution is -0.161. The van der Waals surface area contributed by atoms with Crippen molar-refractivity contribution in [1.82, 2.24) is 4.90 Å². The van der Waals surface area contributed by atoms with Crippen LogP contribution in [0.5, 0.6) is 0 Å². The topological polar surface area (TPSA) is 46.6 Å². The Hall–Kier alpha value is -1.84. The zero-order chi connectivity index (χ0) is 19.7. The number of hydrogen-bond acceptors (Lipinski definition) is 3. The molecule has 4 aliphatic carbocycles. The molecule has 4 saturated carbocycles. The molecule has 1 aromatic rings. The number of carbonyl (C=O) groups is 2. The van der Waals surface area contributed by atoms with Crippen molar-refractivity contribution in [2.75, 3.05) is 13.2 Å². The van der Waals surface area contributed by atoms with E-state index in [1.54, 1.807) is 0 Å². The Bertz CT molecular complexity index is 679. The first-order chi connectivity index (χ1) is 13.5. The van der Waals surface area contributed by atoms with Crippen molar-refractivity contribution < 1.29 is 14.3 Å². The predicted octanol–water partition coefficient (Wildman–Crippen LogP) is 4.75. The number of hydrogen-bond donors (Lipinski definition) is 0. The smallest absolute Gasteiger partial charge is 0.307 e. The van der Waals surface area contributed by atoms with Crippen LogP contribution in [0.25, 0.3) is 0 Å². The van der Waals surface area contributed by atoms with Gasteiger partial charge in [0.2, 0.25) is 5.91 Å². The molecule has 1 atom stereocenters. The first kappa shape index (κ1) is 19.5. The van der Waals surface area contributed by atoms with Crippen molar-refractivity contribution in [1.29, 1.82) is 0 Å². The van der Waals surface area contributed by atoms with E-state index in [-0.39, 0.29) is 29.8 Å².